The van der Waals surface area contributed by atoms with Crippen LogP contribution in [0.15, 0.2) is 0 Å². The van der Waals surface area contributed by atoms with E-state index >= 15 is 0 Å². The van der Waals surface area contributed by atoms with E-state index in [2.05, 4.69) is 71.1 Å². The highest BCUT2D eigenvalue weighted by Gasteiger charge is 2.51. The molecule has 0 saturated heterocycles. The average molecular weight is 863 g/mol. The number of hydrogen-bond donors (Lipinski definition) is 1. The van der Waals surface area contributed by atoms with Crippen molar-refractivity contribution in [3.05, 3.63) is 0 Å². The molecule has 0 aromatic rings. The van der Waals surface area contributed by atoms with E-state index < -0.39 is 0 Å². The molecule has 0 aromatic carbocycles. The van der Waals surface area contributed by atoms with Gasteiger partial charge in [0.05, 0.1) is 6.10 Å². The molecule has 2 heteroatoms. The second kappa shape index (κ2) is 22.3. The summed E-state index contributed by atoms with van der Waals surface area (Å²) in [4.78, 5) is 0. The Kier molecular flexibility index (Phi) is 18.9. The third-order valence-electron chi connectivity index (χ3n) is 17.5. The molecule has 3 unspecified atom stereocenters. The maximum Gasteiger partial charge on any atom is 0.0571 e. The zero-order chi connectivity index (χ0) is 38.7. The maximum absolute atomic E-state index is 11.7. The molecule has 54 heavy (non-hydrogen) atoms. The van der Waals surface area contributed by atoms with Crippen LogP contribution in [-0.2, 0) is 0 Å². The molecule has 0 spiro atoms. The molecule has 0 bridgehead atoms. The third-order valence-corrected chi connectivity index (χ3v) is 18.8. The van der Waals surface area contributed by atoms with Crippen LogP contribution in [0.3, 0.4) is 0 Å². The Morgan fingerprint density at radius 1 is 0.667 bits per heavy atom. The van der Waals surface area contributed by atoms with Crippen molar-refractivity contribution in [2.75, 3.05) is 0 Å². The van der Waals surface area contributed by atoms with Crippen molar-refractivity contribution in [2.45, 2.75) is 251 Å². The van der Waals surface area contributed by atoms with E-state index in [9.17, 15) is 5.11 Å². The van der Waals surface area contributed by atoms with Crippen LogP contribution in [0.25, 0.3) is 0 Å². The van der Waals surface area contributed by atoms with E-state index in [0.29, 0.717) is 17.3 Å². The van der Waals surface area contributed by atoms with Gasteiger partial charge < -0.3 is 5.11 Å². The lowest BCUT2D eigenvalue weighted by Crippen LogP contribution is -2.32. The van der Waals surface area contributed by atoms with Gasteiger partial charge in [-0.1, -0.05) is 155 Å². The standard InChI is InChI=1S/C52H95IO/c1-8-10-11-40-15-17-41(18-16-40)14-12-38(3)13-21-47(39(4)9-2)36-50(54)46-22-19-42(20-23-46)32-44-33-43(28-29-51(5,6)7)34-45(35-44)37-52(30-31-52)48-24-26-49(53)27-25-48/h38-50,54H,8-37H2,1-7H3/t38-,39?,40?,41?,42?,43+,44-,45+,46?,47?,48?,49?,50?/m1/s1. The van der Waals surface area contributed by atoms with E-state index in [1.54, 1.807) is 32.1 Å². The van der Waals surface area contributed by atoms with Crippen molar-refractivity contribution in [3.8, 4) is 0 Å². The van der Waals surface area contributed by atoms with Crippen LogP contribution in [0.2, 0.25) is 0 Å². The fraction of sp³-hybridized carbons (Fsp3) is 1.00. The lowest BCUT2D eigenvalue weighted by molar-refractivity contribution is 0.0367. The van der Waals surface area contributed by atoms with Gasteiger partial charge in [-0.25, -0.2) is 0 Å². The van der Waals surface area contributed by atoms with Crippen LogP contribution in [0.4, 0.5) is 0 Å². The Bertz CT molecular complexity index is 1000. The van der Waals surface area contributed by atoms with Crippen molar-refractivity contribution in [1.29, 1.82) is 0 Å². The van der Waals surface area contributed by atoms with E-state index in [4.69, 9.17) is 0 Å². The Balaban J connectivity index is 1.04. The quantitative estimate of drug-likeness (QED) is 0.0900. The molecule has 1 nitrogen and oxygen atoms in total. The summed E-state index contributed by atoms with van der Waals surface area (Å²) in [5.74, 6) is 9.82. The van der Waals surface area contributed by atoms with Crippen LogP contribution in [0.5, 0.6) is 0 Å². The molecule has 7 atom stereocenters. The molecule has 5 saturated carbocycles. The highest BCUT2D eigenvalue weighted by molar-refractivity contribution is 14.1. The summed E-state index contributed by atoms with van der Waals surface area (Å²) in [6.45, 7) is 17.2. The molecule has 5 aliphatic carbocycles. The van der Waals surface area contributed by atoms with E-state index in [-0.39, 0.29) is 6.10 Å². The number of aliphatic hydroxyl groups is 1. The zero-order valence-corrected chi connectivity index (χ0v) is 39.7. The van der Waals surface area contributed by atoms with Crippen LogP contribution in [-0.4, -0.2) is 15.1 Å². The molecule has 0 aromatic heterocycles. The number of rotatable bonds is 21. The predicted molar refractivity (Wildman–Crippen MR) is 245 cm³/mol. The molecule has 5 fully saturated rings. The van der Waals surface area contributed by atoms with Gasteiger partial charge in [0.15, 0.2) is 0 Å². The fourth-order valence-corrected chi connectivity index (χ4v) is 14.0. The first-order valence-electron chi connectivity index (χ1n) is 25.2. The number of hydrogen-bond acceptors (Lipinski definition) is 1. The molecular weight excluding hydrogens is 767 g/mol. The van der Waals surface area contributed by atoms with Gasteiger partial charge in [0.1, 0.15) is 0 Å². The van der Waals surface area contributed by atoms with E-state index in [0.717, 1.165) is 69.0 Å². The van der Waals surface area contributed by atoms with E-state index in [1.807, 2.05) is 0 Å². The molecule has 5 rings (SSSR count). The molecule has 0 radical (unpaired) electrons. The summed E-state index contributed by atoms with van der Waals surface area (Å²) < 4.78 is 0.950. The Morgan fingerprint density at radius 2 is 1.28 bits per heavy atom. The highest BCUT2D eigenvalue weighted by atomic mass is 127. The Labute approximate surface area is 352 Å². The number of aliphatic hydroxyl groups excluding tert-OH is 1. The topological polar surface area (TPSA) is 20.2 Å². The molecule has 316 valence electrons. The molecule has 5 aliphatic rings. The van der Waals surface area contributed by atoms with Crippen molar-refractivity contribution in [1.82, 2.24) is 0 Å². The largest absolute Gasteiger partial charge is 0.393 e. The summed E-state index contributed by atoms with van der Waals surface area (Å²) in [5.41, 5.74) is 1.22. The minimum absolute atomic E-state index is 0.0685. The predicted octanol–water partition coefficient (Wildman–Crippen LogP) is 16.8. The van der Waals surface area contributed by atoms with Crippen LogP contribution in [0.1, 0.15) is 241 Å². The van der Waals surface area contributed by atoms with Gasteiger partial charge in [-0.2, -0.15) is 0 Å². The molecule has 0 heterocycles. The van der Waals surface area contributed by atoms with Crippen molar-refractivity contribution in [3.63, 3.8) is 0 Å². The lowest BCUT2D eigenvalue weighted by Gasteiger charge is -2.42. The zero-order valence-electron chi connectivity index (χ0n) is 37.5. The van der Waals surface area contributed by atoms with Gasteiger partial charge in [0, 0.05) is 3.92 Å². The number of alkyl halides is 1. The third kappa shape index (κ3) is 15.1. The highest BCUT2D eigenvalue weighted by Crippen LogP contribution is 2.62. The van der Waals surface area contributed by atoms with Crippen LogP contribution < -0.4 is 0 Å². The van der Waals surface area contributed by atoms with Gasteiger partial charge in [0.25, 0.3) is 0 Å². The number of unbranched alkanes of at least 4 members (excludes halogenated alkanes) is 1. The van der Waals surface area contributed by atoms with Crippen molar-refractivity contribution in [2.24, 2.45) is 75.9 Å². The summed E-state index contributed by atoms with van der Waals surface area (Å²) in [6, 6.07) is 0. The maximum atomic E-state index is 11.7. The monoisotopic (exact) mass is 863 g/mol. The van der Waals surface area contributed by atoms with Crippen LogP contribution in [0, 0.1) is 75.9 Å². The SMILES string of the molecule is CCCCC1CCC(CC[C@@H](C)CCC(CC(O)C2CCC(C[C@@H]3C[C@H](CCC(C)(C)C)C[C@H](CC4(C5CCC(I)CC5)CC4)C3)CC2)C(C)CC)CC1. The second-order valence-electron chi connectivity index (χ2n) is 23.2. The summed E-state index contributed by atoms with van der Waals surface area (Å²) in [7, 11) is 0. The summed E-state index contributed by atoms with van der Waals surface area (Å²) >= 11 is 2.73. The smallest absolute Gasteiger partial charge is 0.0571 e. The van der Waals surface area contributed by atoms with Gasteiger partial charge in [-0.15, -0.1) is 0 Å². The first kappa shape index (κ1) is 45.8. The molecule has 0 aliphatic heterocycles. The van der Waals surface area contributed by atoms with Crippen LogP contribution >= 0.6 is 22.6 Å². The molecule has 0 amide bonds. The summed E-state index contributed by atoms with van der Waals surface area (Å²) in [5, 5.41) is 11.7. The second-order valence-corrected chi connectivity index (χ2v) is 24.9. The molecular formula is C52H95IO. The van der Waals surface area contributed by atoms with Gasteiger partial charge >= 0.3 is 0 Å². The minimum atomic E-state index is -0.0685. The lowest BCUT2D eigenvalue weighted by atomic mass is 9.64. The first-order valence-corrected chi connectivity index (χ1v) is 26.4. The normalized spacial score (nSPS) is 35.6. The first-order chi connectivity index (χ1) is 25.8. The van der Waals surface area contributed by atoms with Gasteiger partial charge in [-0.3, -0.25) is 0 Å². The Hall–Kier alpha value is 0.690. The fourth-order valence-electron chi connectivity index (χ4n) is 13.3. The molecule has 1 N–H and O–H groups in total. The van der Waals surface area contributed by atoms with Gasteiger partial charge in [-0.05, 0) is 185 Å². The minimum Gasteiger partial charge on any atom is -0.393 e. The van der Waals surface area contributed by atoms with Gasteiger partial charge in [0.2, 0.25) is 0 Å². The Morgan fingerprint density at radius 3 is 1.89 bits per heavy atom. The number of halogens is 1. The average Bonchev–Trinajstić information content (AvgIpc) is 3.94. The van der Waals surface area contributed by atoms with Crippen molar-refractivity contribution < 1.29 is 5.11 Å². The van der Waals surface area contributed by atoms with Crippen molar-refractivity contribution >= 4 is 22.6 Å². The summed E-state index contributed by atoms with van der Waals surface area (Å²) in [6.07, 6.45) is 43.3. The van der Waals surface area contributed by atoms with E-state index in [1.165, 1.54) is 154 Å².